The van der Waals surface area contributed by atoms with Crippen LogP contribution in [0.1, 0.15) is 12.8 Å². The van der Waals surface area contributed by atoms with Crippen molar-refractivity contribution in [2.45, 2.75) is 12.8 Å². The van der Waals surface area contributed by atoms with Gasteiger partial charge in [-0.2, -0.15) is 11.8 Å². The van der Waals surface area contributed by atoms with Crippen molar-refractivity contribution < 1.29 is 0 Å². The normalized spacial score (nSPS) is 24.0. The van der Waals surface area contributed by atoms with E-state index in [0.717, 1.165) is 13.1 Å². The first-order valence-electron chi connectivity index (χ1n) is 3.21. The quantitative estimate of drug-likeness (QED) is 0.479. The monoisotopic (exact) mass is 130 g/mol. The summed E-state index contributed by atoms with van der Waals surface area (Å²) in [6, 6.07) is 0. The van der Waals surface area contributed by atoms with Crippen molar-refractivity contribution in [3.05, 3.63) is 0 Å². The largest absolute Gasteiger partial charge is 0.241 e. The van der Waals surface area contributed by atoms with Gasteiger partial charge in [0, 0.05) is 18.8 Å². The maximum atomic E-state index is 4.31. The standard InChI is InChI=1S/C6H12NS/c1-2-5-8-6-4-7-3-1/h1-6H2. The van der Waals surface area contributed by atoms with Crippen molar-refractivity contribution in [1.29, 1.82) is 0 Å². The first-order valence-corrected chi connectivity index (χ1v) is 4.36. The molecule has 0 aromatic rings. The molecule has 2 heteroatoms. The Morgan fingerprint density at radius 2 is 2.00 bits per heavy atom. The first kappa shape index (κ1) is 6.43. The minimum absolute atomic E-state index is 1.09. The van der Waals surface area contributed by atoms with Gasteiger partial charge in [0.1, 0.15) is 0 Å². The van der Waals surface area contributed by atoms with Gasteiger partial charge >= 0.3 is 0 Å². The molecule has 0 saturated carbocycles. The van der Waals surface area contributed by atoms with Crippen LogP contribution in [-0.2, 0) is 0 Å². The fourth-order valence-electron chi connectivity index (χ4n) is 0.771. The van der Waals surface area contributed by atoms with Crippen LogP contribution in [0.25, 0.3) is 0 Å². The zero-order valence-electron chi connectivity index (χ0n) is 5.10. The molecule has 1 saturated heterocycles. The number of hydrogen-bond donors (Lipinski definition) is 0. The SMILES string of the molecule is C1CCSCC[N]C1. The van der Waals surface area contributed by atoms with Gasteiger partial charge in [-0.25, -0.2) is 5.32 Å². The van der Waals surface area contributed by atoms with E-state index >= 15 is 0 Å². The van der Waals surface area contributed by atoms with E-state index in [-0.39, 0.29) is 0 Å². The van der Waals surface area contributed by atoms with Crippen LogP contribution in [0.2, 0.25) is 0 Å². The van der Waals surface area contributed by atoms with Gasteiger partial charge in [-0.3, -0.25) is 0 Å². The van der Waals surface area contributed by atoms with E-state index in [4.69, 9.17) is 0 Å². The molecule has 8 heavy (non-hydrogen) atoms. The Kier molecular flexibility index (Phi) is 3.39. The molecular weight excluding hydrogens is 118 g/mol. The zero-order valence-corrected chi connectivity index (χ0v) is 5.91. The molecule has 0 atom stereocenters. The third-order valence-electron chi connectivity index (χ3n) is 1.25. The molecule has 1 aliphatic heterocycles. The molecule has 47 valence electrons. The lowest BCUT2D eigenvalue weighted by atomic mass is 10.3. The van der Waals surface area contributed by atoms with E-state index in [1.165, 1.54) is 24.3 Å². The molecule has 0 bridgehead atoms. The minimum atomic E-state index is 1.09. The molecule has 0 spiro atoms. The first-order chi connectivity index (χ1) is 4.00. The summed E-state index contributed by atoms with van der Waals surface area (Å²) in [5.41, 5.74) is 0. The predicted molar refractivity (Wildman–Crippen MR) is 38.4 cm³/mol. The summed E-state index contributed by atoms with van der Waals surface area (Å²) in [7, 11) is 0. The van der Waals surface area contributed by atoms with Crippen LogP contribution in [-0.4, -0.2) is 24.6 Å². The van der Waals surface area contributed by atoms with Crippen molar-refractivity contribution in [2.24, 2.45) is 0 Å². The molecule has 1 heterocycles. The highest BCUT2D eigenvalue weighted by atomic mass is 32.2. The molecule has 1 nitrogen and oxygen atoms in total. The number of rotatable bonds is 0. The van der Waals surface area contributed by atoms with Gasteiger partial charge in [0.2, 0.25) is 0 Å². The Morgan fingerprint density at radius 3 is 3.00 bits per heavy atom. The van der Waals surface area contributed by atoms with Gasteiger partial charge in [-0.15, -0.1) is 0 Å². The summed E-state index contributed by atoms with van der Waals surface area (Å²) in [6.07, 6.45) is 2.68. The number of nitrogens with zero attached hydrogens (tertiary/aromatic N) is 1. The predicted octanol–water partition coefficient (Wildman–Crippen LogP) is 1.12. The average Bonchev–Trinajstić information content (AvgIpc) is 1.62. The Bertz CT molecular complexity index is 32.5. The van der Waals surface area contributed by atoms with Crippen LogP contribution >= 0.6 is 11.8 Å². The Hall–Kier alpha value is 0.310. The van der Waals surface area contributed by atoms with E-state index in [0.29, 0.717) is 0 Å². The van der Waals surface area contributed by atoms with Gasteiger partial charge in [0.05, 0.1) is 0 Å². The Balaban J connectivity index is 2.00. The van der Waals surface area contributed by atoms with Gasteiger partial charge in [0.25, 0.3) is 0 Å². The van der Waals surface area contributed by atoms with Crippen molar-refractivity contribution in [1.82, 2.24) is 5.32 Å². The van der Waals surface area contributed by atoms with Crippen LogP contribution in [0.3, 0.4) is 0 Å². The van der Waals surface area contributed by atoms with Crippen molar-refractivity contribution >= 4 is 11.8 Å². The molecule has 1 radical (unpaired) electrons. The summed E-state index contributed by atoms with van der Waals surface area (Å²) in [6.45, 7) is 2.20. The van der Waals surface area contributed by atoms with Gasteiger partial charge in [-0.1, -0.05) is 0 Å². The minimum Gasteiger partial charge on any atom is -0.241 e. The Labute approximate surface area is 55.2 Å². The molecule has 0 aliphatic carbocycles. The second-order valence-electron chi connectivity index (χ2n) is 1.99. The smallest absolute Gasteiger partial charge is 0.0224 e. The highest BCUT2D eigenvalue weighted by molar-refractivity contribution is 7.99. The maximum Gasteiger partial charge on any atom is 0.0224 e. The lowest BCUT2D eigenvalue weighted by Gasteiger charge is -2.06. The second kappa shape index (κ2) is 4.21. The van der Waals surface area contributed by atoms with E-state index < -0.39 is 0 Å². The fourth-order valence-corrected chi connectivity index (χ4v) is 1.64. The molecule has 1 rings (SSSR count). The third kappa shape index (κ3) is 2.58. The molecule has 0 unspecified atom stereocenters. The molecule has 1 fully saturated rings. The lowest BCUT2D eigenvalue weighted by Crippen LogP contribution is -2.13. The van der Waals surface area contributed by atoms with Crippen LogP contribution in [0.15, 0.2) is 0 Å². The molecule has 0 amide bonds. The highest BCUT2D eigenvalue weighted by Crippen LogP contribution is 2.05. The summed E-state index contributed by atoms with van der Waals surface area (Å²) in [5.74, 6) is 2.61. The average molecular weight is 130 g/mol. The molecular formula is C6H12NS. The van der Waals surface area contributed by atoms with E-state index in [9.17, 15) is 0 Å². The lowest BCUT2D eigenvalue weighted by molar-refractivity contribution is 0.649. The second-order valence-corrected chi connectivity index (χ2v) is 3.22. The molecule has 0 aromatic carbocycles. The van der Waals surface area contributed by atoms with Crippen molar-refractivity contribution in [2.75, 3.05) is 24.6 Å². The number of thioether (sulfide) groups is 1. The van der Waals surface area contributed by atoms with E-state index in [2.05, 4.69) is 5.32 Å². The summed E-state index contributed by atoms with van der Waals surface area (Å²) >= 11 is 2.04. The fraction of sp³-hybridized carbons (Fsp3) is 1.00. The van der Waals surface area contributed by atoms with Crippen LogP contribution in [0.4, 0.5) is 0 Å². The summed E-state index contributed by atoms with van der Waals surface area (Å²) in [4.78, 5) is 0. The van der Waals surface area contributed by atoms with Crippen LogP contribution < -0.4 is 5.32 Å². The summed E-state index contributed by atoms with van der Waals surface area (Å²) < 4.78 is 0. The topological polar surface area (TPSA) is 14.1 Å². The van der Waals surface area contributed by atoms with Crippen LogP contribution in [0.5, 0.6) is 0 Å². The van der Waals surface area contributed by atoms with Gasteiger partial charge in [0.15, 0.2) is 0 Å². The molecule has 1 aliphatic rings. The highest BCUT2D eigenvalue weighted by Gasteiger charge is 1.95. The van der Waals surface area contributed by atoms with Gasteiger partial charge < -0.3 is 0 Å². The Morgan fingerprint density at radius 1 is 1.00 bits per heavy atom. The van der Waals surface area contributed by atoms with Crippen molar-refractivity contribution in [3.8, 4) is 0 Å². The molecule has 0 aromatic heterocycles. The summed E-state index contributed by atoms with van der Waals surface area (Å²) in [5, 5.41) is 4.31. The van der Waals surface area contributed by atoms with E-state index in [1.54, 1.807) is 0 Å². The van der Waals surface area contributed by atoms with Crippen molar-refractivity contribution in [3.63, 3.8) is 0 Å². The molecule has 0 N–H and O–H groups in total. The zero-order chi connectivity index (χ0) is 5.66. The van der Waals surface area contributed by atoms with Gasteiger partial charge in [-0.05, 0) is 18.6 Å². The van der Waals surface area contributed by atoms with Crippen LogP contribution in [0, 0.1) is 0 Å². The third-order valence-corrected chi connectivity index (χ3v) is 2.30. The maximum absolute atomic E-state index is 4.31. The number of hydrogen-bond acceptors (Lipinski definition) is 1. The van der Waals surface area contributed by atoms with E-state index in [1.807, 2.05) is 11.8 Å².